The second kappa shape index (κ2) is 7.95. The van der Waals surface area contributed by atoms with Crippen molar-refractivity contribution in [3.05, 3.63) is 70.2 Å². The maximum Gasteiger partial charge on any atom is 0.335 e. The molecule has 2 rings (SSSR count). The van der Waals surface area contributed by atoms with Crippen LogP contribution in [0.15, 0.2) is 59.1 Å². The molecule has 0 saturated carbocycles. The van der Waals surface area contributed by atoms with Crippen molar-refractivity contribution in [2.24, 2.45) is 5.92 Å². The largest absolute Gasteiger partial charge is 0.479 e. The second-order valence-corrected chi connectivity index (χ2v) is 7.51. The lowest BCUT2D eigenvalue weighted by Gasteiger charge is -2.32. The molecule has 4 heteroatoms. The maximum absolute atomic E-state index is 11.9. The quantitative estimate of drug-likeness (QED) is 0.683. The first-order chi connectivity index (χ1) is 11.3. The zero-order chi connectivity index (χ0) is 17.7. The first-order valence-corrected chi connectivity index (χ1v) is 8.83. The van der Waals surface area contributed by atoms with Gasteiger partial charge in [0.2, 0.25) is 0 Å². The van der Waals surface area contributed by atoms with E-state index < -0.39 is 17.7 Å². The number of benzene rings is 2. The first-order valence-electron chi connectivity index (χ1n) is 8.03. The molecule has 1 N–H and O–H groups in total. The summed E-state index contributed by atoms with van der Waals surface area (Å²) in [5.41, 5.74) is 0.624. The van der Waals surface area contributed by atoms with Crippen LogP contribution in [0.4, 0.5) is 0 Å². The number of aliphatic carboxylic acids is 1. The number of carboxylic acids is 1. The molecule has 0 bridgehead atoms. The Kier molecular flexibility index (Phi) is 6.19. The van der Waals surface area contributed by atoms with Crippen LogP contribution in [-0.2, 0) is 9.53 Å². The minimum Gasteiger partial charge on any atom is -0.479 e. The van der Waals surface area contributed by atoms with E-state index in [1.165, 1.54) is 0 Å². The van der Waals surface area contributed by atoms with Crippen molar-refractivity contribution in [3.8, 4) is 0 Å². The summed E-state index contributed by atoms with van der Waals surface area (Å²) in [5, 5.41) is 9.74. The number of ether oxygens (including phenoxy) is 1. The highest BCUT2D eigenvalue weighted by molar-refractivity contribution is 9.10. The SMILES string of the molecule is CC(C)C[C@](C)(O[C@H](c1ccccc1)c1ccc(Br)cc1)C(=O)O. The molecule has 2 atom stereocenters. The molecule has 0 saturated heterocycles. The van der Waals surface area contributed by atoms with Crippen LogP contribution in [0, 0.1) is 5.92 Å². The molecular weight excluding hydrogens is 368 g/mol. The highest BCUT2D eigenvalue weighted by Gasteiger charge is 2.38. The molecule has 0 heterocycles. The fourth-order valence-corrected chi connectivity index (χ4v) is 3.08. The van der Waals surface area contributed by atoms with E-state index in [1.807, 2.05) is 68.4 Å². The van der Waals surface area contributed by atoms with E-state index in [-0.39, 0.29) is 5.92 Å². The molecule has 0 aliphatic carbocycles. The highest BCUT2D eigenvalue weighted by atomic mass is 79.9. The van der Waals surface area contributed by atoms with Gasteiger partial charge in [-0.3, -0.25) is 0 Å². The average Bonchev–Trinajstić information content (AvgIpc) is 2.54. The number of carbonyl (C=O) groups is 1. The van der Waals surface area contributed by atoms with Crippen LogP contribution in [0.25, 0.3) is 0 Å². The van der Waals surface area contributed by atoms with E-state index in [9.17, 15) is 9.90 Å². The normalized spacial score (nSPS) is 15.0. The lowest BCUT2D eigenvalue weighted by atomic mass is 9.92. The fourth-order valence-electron chi connectivity index (χ4n) is 2.82. The predicted octanol–water partition coefficient (Wildman–Crippen LogP) is 5.44. The minimum absolute atomic E-state index is 0.215. The number of hydrogen-bond donors (Lipinski definition) is 1. The molecule has 0 fully saturated rings. The van der Waals surface area contributed by atoms with Crippen LogP contribution in [0.2, 0.25) is 0 Å². The number of carboxylic acid groups (broad SMARTS) is 1. The Labute approximate surface area is 151 Å². The average molecular weight is 391 g/mol. The third-order valence-electron chi connectivity index (χ3n) is 3.90. The Morgan fingerprint density at radius 1 is 1.08 bits per heavy atom. The molecule has 0 unspecified atom stereocenters. The Morgan fingerprint density at radius 2 is 1.62 bits per heavy atom. The molecule has 0 radical (unpaired) electrons. The van der Waals surface area contributed by atoms with Crippen LogP contribution in [-0.4, -0.2) is 16.7 Å². The van der Waals surface area contributed by atoms with Gasteiger partial charge in [-0.2, -0.15) is 0 Å². The van der Waals surface area contributed by atoms with Gasteiger partial charge in [0.15, 0.2) is 5.60 Å². The Bertz CT molecular complexity index is 667. The summed E-state index contributed by atoms with van der Waals surface area (Å²) in [6.07, 6.45) is 0.0153. The zero-order valence-corrected chi connectivity index (χ0v) is 15.8. The first kappa shape index (κ1) is 18.7. The smallest absolute Gasteiger partial charge is 0.335 e. The van der Waals surface area contributed by atoms with E-state index in [0.717, 1.165) is 15.6 Å². The van der Waals surface area contributed by atoms with Gasteiger partial charge in [-0.15, -0.1) is 0 Å². The maximum atomic E-state index is 11.9. The summed E-state index contributed by atoms with van der Waals surface area (Å²) in [4.78, 5) is 11.9. The standard InChI is InChI=1S/C20H23BrO3/c1-14(2)13-20(3,19(22)23)24-18(15-7-5-4-6-8-15)16-9-11-17(21)12-10-16/h4-12,14,18H,13H2,1-3H3,(H,22,23)/t18-,20+/m1/s1. The zero-order valence-electron chi connectivity index (χ0n) is 14.2. The third-order valence-corrected chi connectivity index (χ3v) is 4.43. The molecule has 2 aromatic carbocycles. The molecule has 24 heavy (non-hydrogen) atoms. The summed E-state index contributed by atoms with van der Waals surface area (Å²) < 4.78 is 7.18. The molecule has 0 spiro atoms. The lowest BCUT2D eigenvalue weighted by molar-refractivity contribution is -0.171. The Balaban J connectivity index is 2.42. The van der Waals surface area contributed by atoms with Gasteiger partial charge >= 0.3 is 5.97 Å². The Morgan fingerprint density at radius 3 is 2.12 bits per heavy atom. The summed E-state index contributed by atoms with van der Waals surface area (Å²) >= 11 is 3.43. The number of halogens is 1. The van der Waals surface area contributed by atoms with Crippen molar-refractivity contribution in [3.63, 3.8) is 0 Å². The third kappa shape index (κ3) is 4.68. The van der Waals surface area contributed by atoms with E-state index in [4.69, 9.17) is 4.74 Å². The van der Waals surface area contributed by atoms with E-state index >= 15 is 0 Å². The van der Waals surface area contributed by atoms with Crippen LogP contribution >= 0.6 is 15.9 Å². The van der Waals surface area contributed by atoms with Crippen molar-refractivity contribution >= 4 is 21.9 Å². The van der Waals surface area contributed by atoms with Crippen LogP contribution in [0.3, 0.4) is 0 Å². The van der Waals surface area contributed by atoms with Gasteiger partial charge in [-0.1, -0.05) is 72.2 Å². The Hall–Kier alpha value is -1.65. The van der Waals surface area contributed by atoms with E-state index in [1.54, 1.807) is 6.92 Å². The van der Waals surface area contributed by atoms with Gasteiger partial charge in [-0.25, -0.2) is 4.79 Å². The molecule has 0 aromatic heterocycles. The molecule has 0 aliphatic rings. The van der Waals surface area contributed by atoms with Gasteiger partial charge in [-0.05, 0) is 42.5 Å². The van der Waals surface area contributed by atoms with Gasteiger partial charge in [0.1, 0.15) is 6.10 Å². The van der Waals surface area contributed by atoms with Crippen molar-refractivity contribution in [2.45, 2.75) is 38.9 Å². The summed E-state index contributed by atoms with van der Waals surface area (Å²) in [7, 11) is 0. The number of rotatable bonds is 7. The van der Waals surface area contributed by atoms with Crippen molar-refractivity contribution in [1.82, 2.24) is 0 Å². The molecular formula is C20H23BrO3. The van der Waals surface area contributed by atoms with Gasteiger partial charge in [0.25, 0.3) is 0 Å². The highest BCUT2D eigenvalue weighted by Crippen LogP contribution is 2.34. The second-order valence-electron chi connectivity index (χ2n) is 6.59. The molecule has 2 aromatic rings. The van der Waals surface area contributed by atoms with Gasteiger partial charge in [0, 0.05) is 4.47 Å². The minimum atomic E-state index is -1.25. The summed E-state index contributed by atoms with van der Waals surface area (Å²) in [5.74, 6) is -0.721. The van der Waals surface area contributed by atoms with E-state index in [2.05, 4.69) is 15.9 Å². The van der Waals surface area contributed by atoms with Crippen molar-refractivity contribution in [2.75, 3.05) is 0 Å². The van der Waals surface area contributed by atoms with E-state index in [0.29, 0.717) is 6.42 Å². The van der Waals surface area contributed by atoms with Gasteiger partial charge < -0.3 is 9.84 Å². The molecule has 3 nitrogen and oxygen atoms in total. The van der Waals surface area contributed by atoms with Gasteiger partial charge in [0.05, 0.1) is 0 Å². The fraction of sp³-hybridized carbons (Fsp3) is 0.350. The van der Waals surface area contributed by atoms with Crippen molar-refractivity contribution in [1.29, 1.82) is 0 Å². The van der Waals surface area contributed by atoms with Crippen LogP contribution < -0.4 is 0 Å². The van der Waals surface area contributed by atoms with Crippen LogP contribution in [0.1, 0.15) is 44.4 Å². The predicted molar refractivity (Wildman–Crippen MR) is 99.0 cm³/mol. The summed E-state index contributed by atoms with van der Waals surface area (Å²) in [6.45, 7) is 5.66. The molecule has 0 aliphatic heterocycles. The topological polar surface area (TPSA) is 46.5 Å². The van der Waals surface area contributed by atoms with Crippen LogP contribution in [0.5, 0.6) is 0 Å². The monoisotopic (exact) mass is 390 g/mol. The number of hydrogen-bond acceptors (Lipinski definition) is 2. The van der Waals surface area contributed by atoms with Crippen molar-refractivity contribution < 1.29 is 14.6 Å². The lowest BCUT2D eigenvalue weighted by Crippen LogP contribution is -2.41. The molecule has 0 amide bonds. The molecule has 128 valence electrons. The summed E-state index contributed by atoms with van der Waals surface area (Å²) in [6, 6.07) is 17.5.